The first kappa shape index (κ1) is 19.8. The highest BCUT2D eigenvalue weighted by molar-refractivity contribution is 5.85. The second-order valence-electron chi connectivity index (χ2n) is 5.38. The van der Waals surface area contributed by atoms with E-state index >= 15 is 0 Å². The number of aryl methyl sites for hydroxylation is 1. The second-order valence-corrected chi connectivity index (χ2v) is 5.38. The number of halogens is 3. The molecule has 1 N–H and O–H groups in total. The summed E-state index contributed by atoms with van der Waals surface area (Å²) in [4.78, 5) is 6.72. The minimum atomic E-state index is -0.256. The van der Waals surface area contributed by atoms with E-state index in [-0.39, 0.29) is 36.7 Å². The van der Waals surface area contributed by atoms with Gasteiger partial charge in [-0.3, -0.25) is 4.90 Å². The van der Waals surface area contributed by atoms with Crippen molar-refractivity contribution in [3.63, 3.8) is 0 Å². The molecular formula is C15H21Cl2FN4O. The lowest BCUT2D eigenvalue weighted by Crippen LogP contribution is -2.44. The number of piperazine rings is 1. The van der Waals surface area contributed by atoms with E-state index in [1.54, 1.807) is 13.0 Å². The molecule has 8 heteroatoms. The molecule has 0 aliphatic carbocycles. The maximum atomic E-state index is 13.6. The van der Waals surface area contributed by atoms with Gasteiger partial charge in [0.25, 0.3) is 0 Å². The van der Waals surface area contributed by atoms with E-state index in [0.29, 0.717) is 22.8 Å². The molecule has 2 heterocycles. The van der Waals surface area contributed by atoms with Gasteiger partial charge in [0.15, 0.2) is 0 Å². The minimum Gasteiger partial charge on any atom is -0.337 e. The number of hydrogen-bond donors (Lipinski definition) is 1. The molecule has 1 atom stereocenters. The molecule has 0 saturated carbocycles. The number of nitrogens with zero attached hydrogens (tertiary/aromatic N) is 3. The average molecular weight is 363 g/mol. The Labute approximate surface area is 147 Å². The van der Waals surface area contributed by atoms with Crippen molar-refractivity contribution in [2.24, 2.45) is 0 Å². The van der Waals surface area contributed by atoms with Crippen LogP contribution < -0.4 is 5.32 Å². The first-order valence-electron chi connectivity index (χ1n) is 7.20. The van der Waals surface area contributed by atoms with Crippen molar-refractivity contribution in [3.8, 4) is 11.4 Å². The van der Waals surface area contributed by atoms with Crippen molar-refractivity contribution < 1.29 is 8.91 Å². The van der Waals surface area contributed by atoms with Crippen LogP contribution in [0.25, 0.3) is 11.4 Å². The molecule has 0 radical (unpaired) electrons. The summed E-state index contributed by atoms with van der Waals surface area (Å²) >= 11 is 0. The normalized spacial score (nSPS) is 16.3. The Morgan fingerprint density at radius 2 is 1.96 bits per heavy atom. The van der Waals surface area contributed by atoms with Crippen molar-refractivity contribution >= 4 is 24.8 Å². The highest BCUT2D eigenvalue weighted by Gasteiger charge is 2.23. The molecule has 0 bridgehead atoms. The molecule has 1 aliphatic heterocycles. The van der Waals surface area contributed by atoms with Gasteiger partial charge >= 0.3 is 0 Å². The summed E-state index contributed by atoms with van der Waals surface area (Å²) in [6.45, 7) is 7.63. The fraction of sp³-hybridized carbons (Fsp3) is 0.467. The molecular weight excluding hydrogens is 342 g/mol. The van der Waals surface area contributed by atoms with Crippen LogP contribution in [0, 0.1) is 12.7 Å². The maximum Gasteiger partial charge on any atom is 0.244 e. The first-order chi connectivity index (χ1) is 10.1. The van der Waals surface area contributed by atoms with E-state index in [1.165, 1.54) is 6.07 Å². The van der Waals surface area contributed by atoms with Gasteiger partial charge < -0.3 is 9.84 Å². The molecule has 1 fully saturated rings. The molecule has 0 amide bonds. The van der Waals surface area contributed by atoms with Crippen molar-refractivity contribution in [2.75, 3.05) is 26.2 Å². The highest BCUT2D eigenvalue weighted by atomic mass is 35.5. The third kappa shape index (κ3) is 4.41. The van der Waals surface area contributed by atoms with Crippen LogP contribution in [0.4, 0.5) is 4.39 Å². The standard InChI is InChI=1S/C15H19FN4O.2ClH/c1-10-3-4-12(9-13(10)16)14-18-15(21-19-14)11(2)20-7-5-17-6-8-20;;/h3-4,9,11,17H,5-8H2,1-2H3;2*1H. The third-order valence-corrected chi connectivity index (χ3v) is 3.93. The molecule has 3 rings (SSSR count). The minimum absolute atomic E-state index is 0. The summed E-state index contributed by atoms with van der Waals surface area (Å²) in [5, 5.41) is 7.29. The Bertz CT molecular complexity index is 632. The molecule has 128 valence electrons. The molecule has 23 heavy (non-hydrogen) atoms. The van der Waals surface area contributed by atoms with Crippen molar-refractivity contribution in [2.45, 2.75) is 19.9 Å². The summed E-state index contributed by atoms with van der Waals surface area (Å²) in [5.41, 5.74) is 1.25. The Morgan fingerprint density at radius 1 is 1.26 bits per heavy atom. The van der Waals surface area contributed by atoms with Crippen LogP contribution in [-0.2, 0) is 0 Å². The van der Waals surface area contributed by atoms with E-state index in [4.69, 9.17) is 4.52 Å². The van der Waals surface area contributed by atoms with E-state index in [0.717, 1.165) is 26.2 Å². The van der Waals surface area contributed by atoms with Gasteiger partial charge in [-0.1, -0.05) is 17.3 Å². The molecule has 0 spiro atoms. The Kier molecular flexibility index (Phi) is 7.41. The lowest BCUT2D eigenvalue weighted by molar-refractivity contribution is 0.154. The summed E-state index contributed by atoms with van der Waals surface area (Å²) in [6, 6.07) is 5.05. The number of nitrogens with one attached hydrogen (secondary N) is 1. The zero-order chi connectivity index (χ0) is 14.8. The topological polar surface area (TPSA) is 54.2 Å². The van der Waals surface area contributed by atoms with Crippen LogP contribution in [0.1, 0.15) is 24.4 Å². The number of aromatic nitrogens is 2. The fourth-order valence-corrected chi connectivity index (χ4v) is 2.48. The molecule has 2 aromatic rings. The van der Waals surface area contributed by atoms with E-state index in [9.17, 15) is 4.39 Å². The van der Waals surface area contributed by atoms with Crippen molar-refractivity contribution in [1.29, 1.82) is 0 Å². The van der Waals surface area contributed by atoms with Gasteiger partial charge in [-0.15, -0.1) is 24.8 Å². The van der Waals surface area contributed by atoms with Gasteiger partial charge in [-0.05, 0) is 25.5 Å². The predicted molar refractivity (Wildman–Crippen MR) is 91.8 cm³/mol. The summed E-state index contributed by atoms with van der Waals surface area (Å²) < 4.78 is 19.0. The Hall–Kier alpha value is -1.21. The van der Waals surface area contributed by atoms with Gasteiger partial charge in [0.2, 0.25) is 11.7 Å². The highest BCUT2D eigenvalue weighted by Crippen LogP contribution is 2.23. The molecule has 1 unspecified atom stereocenters. The van der Waals surface area contributed by atoms with E-state index in [1.807, 2.05) is 6.07 Å². The second kappa shape index (κ2) is 8.59. The zero-order valence-corrected chi connectivity index (χ0v) is 14.7. The largest absolute Gasteiger partial charge is 0.337 e. The van der Waals surface area contributed by atoms with Gasteiger partial charge in [0.05, 0.1) is 6.04 Å². The summed E-state index contributed by atoms with van der Waals surface area (Å²) in [5.74, 6) is 0.757. The van der Waals surface area contributed by atoms with Crippen LogP contribution in [0.2, 0.25) is 0 Å². The Morgan fingerprint density at radius 3 is 2.61 bits per heavy atom. The lowest BCUT2D eigenvalue weighted by atomic mass is 10.1. The summed E-state index contributed by atoms with van der Waals surface area (Å²) in [6.07, 6.45) is 0. The van der Waals surface area contributed by atoms with Crippen molar-refractivity contribution in [3.05, 3.63) is 35.5 Å². The quantitative estimate of drug-likeness (QED) is 0.909. The molecule has 1 aromatic heterocycles. The van der Waals surface area contributed by atoms with E-state index in [2.05, 4.69) is 27.3 Å². The predicted octanol–water partition coefficient (Wildman–Crippen LogP) is 2.99. The van der Waals surface area contributed by atoms with Crippen LogP contribution >= 0.6 is 24.8 Å². The first-order valence-corrected chi connectivity index (χ1v) is 7.20. The van der Waals surface area contributed by atoms with Crippen molar-refractivity contribution in [1.82, 2.24) is 20.4 Å². The number of benzene rings is 1. The Balaban J connectivity index is 0.00000132. The zero-order valence-electron chi connectivity index (χ0n) is 13.1. The summed E-state index contributed by atoms with van der Waals surface area (Å²) in [7, 11) is 0. The van der Waals surface area contributed by atoms with Crippen LogP contribution in [0.3, 0.4) is 0 Å². The molecule has 1 aromatic carbocycles. The molecule has 1 aliphatic rings. The average Bonchev–Trinajstić information content (AvgIpc) is 3.00. The van der Waals surface area contributed by atoms with Gasteiger partial charge in [0, 0.05) is 31.7 Å². The van der Waals surface area contributed by atoms with Crippen LogP contribution in [-0.4, -0.2) is 41.2 Å². The van der Waals surface area contributed by atoms with Crippen LogP contribution in [0.5, 0.6) is 0 Å². The maximum absolute atomic E-state index is 13.6. The molecule has 1 saturated heterocycles. The lowest BCUT2D eigenvalue weighted by Gasteiger charge is -2.30. The van der Waals surface area contributed by atoms with Gasteiger partial charge in [-0.25, -0.2) is 4.39 Å². The van der Waals surface area contributed by atoms with Gasteiger partial charge in [0.1, 0.15) is 5.82 Å². The monoisotopic (exact) mass is 362 g/mol. The molecule has 5 nitrogen and oxygen atoms in total. The fourth-order valence-electron chi connectivity index (χ4n) is 2.48. The number of hydrogen-bond acceptors (Lipinski definition) is 5. The van der Waals surface area contributed by atoms with Gasteiger partial charge in [-0.2, -0.15) is 4.98 Å². The number of rotatable bonds is 3. The van der Waals surface area contributed by atoms with E-state index < -0.39 is 0 Å². The smallest absolute Gasteiger partial charge is 0.244 e. The van der Waals surface area contributed by atoms with Crippen LogP contribution in [0.15, 0.2) is 22.7 Å². The third-order valence-electron chi connectivity index (χ3n) is 3.93. The SMILES string of the molecule is Cc1ccc(-c2noc(C(C)N3CCNCC3)n2)cc1F.Cl.Cl.